The van der Waals surface area contributed by atoms with Crippen molar-refractivity contribution in [1.82, 2.24) is 14.3 Å². The number of nitrogens with one attached hydrogen (secondary N) is 2. The molecule has 2 aromatic carbocycles. The minimum absolute atomic E-state index is 0.0138. The summed E-state index contributed by atoms with van der Waals surface area (Å²) in [4.78, 5) is 21.5. The van der Waals surface area contributed by atoms with E-state index in [0.717, 1.165) is 18.4 Å². The van der Waals surface area contributed by atoms with Gasteiger partial charge in [0.2, 0.25) is 21.9 Å². The van der Waals surface area contributed by atoms with E-state index in [1.165, 1.54) is 0 Å². The fourth-order valence-electron chi connectivity index (χ4n) is 4.26. The molecule has 8 nitrogen and oxygen atoms in total. The van der Waals surface area contributed by atoms with Gasteiger partial charge in [0.05, 0.1) is 22.7 Å². The van der Waals surface area contributed by atoms with Crippen LogP contribution in [0.2, 0.25) is 5.02 Å². The first-order valence-electron chi connectivity index (χ1n) is 10.7. The molecule has 1 amide bonds. The number of hydrogen-bond donors (Lipinski definition) is 2. The van der Waals surface area contributed by atoms with E-state index in [9.17, 15) is 13.2 Å². The lowest BCUT2D eigenvalue weighted by Crippen LogP contribution is -2.33. The third-order valence-corrected chi connectivity index (χ3v) is 8.20. The van der Waals surface area contributed by atoms with Crippen molar-refractivity contribution in [3.8, 4) is 11.3 Å². The SMILES string of the molecule is CC1CCCN1S(=O)(=O)c1ccc(Nc2ncc3c(n2)-c2ccc(Cl)cc2NC(=O)C3)cc1. The molecule has 5 rings (SSSR count). The zero-order valence-electron chi connectivity index (χ0n) is 17.9. The van der Waals surface area contributed by atoms with E-state index in [0.29, 0.717) is 40.1 Å². The Morgan fingerprint density at radius 3 is 2.70 bits per heavy atom. The molecule has 170 valence electrons. The topological polar surface area (TPSA) is 104 Å². The summed E-state index contributed by atoms with van der Waals surface area (Å²) in [6, 6.07) is 11.8. The lowest BCUT2D eigenvalue weighted by molar-refractivity contribution is -0.115. The molecule has 0 spiro atoms. The molecule has 1 saturated heterocycles. The summed E-state index contributed by atoms with van der Waals surface area (Å²) >= 11 is 6.10. The second-order valence-corrected chi connectivity index (χ2v) is 10.6. The fourth-order valence-corrected chi connectivity index (χ4v) is 6.13. The van der Waals surface area contributed by atoms with Gasteiger partial charge >= 0.3 is 0 Å². The molecule has 3 heterocycles. The molecule has 1 unspecified atom stereocenters. The number of fused-ring (bicyclic) bond motifs is 3. The van der Waals surface area contributed by atoms with Gasteiger partial charge in [0.25, 0.3) is 0 Å². The monoisotopic (exact) mass is 483 g/mol. The van der Waals surface area contributed by atoms with Crippen LogP contribution >= 0.6 is 11.6 Å². The lowest BCUT2D eigenvalue weighted by atomic mass is 10.1. The molecule has 2 aliphatic heterocycles. The van der Waals surface area contributed by atoms with Crippen molar-refractivity contribution in [3.63, 3.8) is 0 Å². The van der Waals surface area contributed by atoms with Crippen LogP contribution in [-0.2, 0) is 21.2 Å². The quantitative estimate of drug-likeness (QED) is 0.576. The Morgan fingerprint density at radius 2 is 1.97 bits per heavy atom. The van der Waals surface area contributed by atoms with Crippen molar-refractivity contribution in [2.45, 2.75) is 37.1 Å². The van der Waals surface area contributed by atoms with Crippen molar-refractivity contribution < 1.29 is 13.2 Å². The minimum atomic E-state index is -3.51. The molecule has 1 aromatic heterocycles. The van der Waals surface area contributed by atoms with E-state index in [4.69, 9.17) is 11.6 Å². The number of benzene rings is 2. The summed E-state index contributed by atoms with van der Waals surface area (Å²) in [5.41, 5.74) is 3.36. The molecule has 2 aliphatic rings. The van der Waals surface area contributed by atoms with Crippen molar-refractivity contribution >= 4 is 44.9 Å². The van der Waals surface area contributed by atoms with Crippen LogP contribution in [0.4, 0.5) is 17.3 Å². The number of carbonyl (C=O) groups excluding carboxylic acids is 1. The number of halogens is 1. The fraction of sp³-hybridized carbons (Fsp3) is 0.261. The zero-order chi connectivity index (χ0) is 23.2. The Morgan fingerprint density at radius 1 is 1.18 bits per heavy atom. The predicted octanol–water partition coefficient (Wildman–Crippen LogP) is 4.21. The standard InChI is InChI=1S/C23H22ClN5O3S/c1-14-3-2-10-29(14)33(31,32)18-7-5-17(6-8-18)26-23-25-13-15-11-21(30)27-20-12-16(24)4-9-19(20)22(15)28-23/h4-9,12-14H,2-3,10-11H2,1H3,(H,27,30)(H,25,26,28). The molecule has 33 heavy (non-hydrogen) atoms. The summed E-state index contributed by atoms with van der Waals surface area (Å²) < 4.78 is 27.4. The third-order valence-electron chi connectivity index (χ3n) is 5.94. The van der Waals surface area contributed by atoms with Gasteiger partial charge in [-0.2, -0.15) is 4.31 Å². The number of hydrogen-bond acceptors (Lipinski definition) is 6. The second-order valence-electron chi connectivity index (χ2n) is 8.24. The van der Waals surface area contributed by atoms with Crippen molar-refractivity contribution in [3.05, 3.63) is 59.2 Å². The van der Waals surface area contributed by atoms with Gasteiger partial charge in [-0.3, -0.25) is 4.79 Å². The van der Waals surface area contributed by atoms with Crippen LogP contribution in [-0.4, -0.2) is 41.2 Å². The highest BCUT2D eigenvalue weighted by molar-refractivity contribution is 7.89. The van der Waals surface area contributed by atoms with Crippen LogP contribution in [0.1, 0.15) is 25.3 Å². The number of anilines is 3. The Balaban J connectivity index is 1.42. The van der Waals surface area contributed by atoms with E-state index in [1.807, 2.05) is 13.0 Å². The molecular weight excluding hydrogens is 462 g/mol. The second kappa shape index (κ2) is 8.40. The van der Waals surface area contributed by atoms with Crippen LogP contribution in [0, 0.1) is 0 Å². The van der Waals surface area contributed by atoms with Gasteiger partial charge in [-0.1, -0.05) is 11.6 Å². The van der Waals surface area contributed by atoms with Crippen LogP contribution < -0.4 is 10.6 Å². The third kappa shape index (κ3) is 4.19. The van der Waals surface area contributed by atoms with Gasteiger partial charge in [0, 0.05) is 40.6 Å². The maximum Gasteiger partial charge on any atom is 0.243 e. The summed E-state index contributed by atoms with van der Waals surface area (Å²) in [6.07, 6.45) is 3.54. The number of amides is 1. The maximum atomic E-state index is 12.9. The smallest absolute Gasteiger partial charge is 0.243 e. The van der Waals surface area contributed by atoms with Crippen LogP contribution in [0.15, 0.2) is 53.6 Å². The highest BCUT2D eigenvalue weighted by Gasteiger charge is 2.32. The number of sulfonamides is 1. The molecular formula is C23H22ClN5O3S. The average molecular weight is 484 g/mol. The minimum Gasteiger partial charge on any atom is -0.325 e. The van der Waals surface area contributed by atoms with Gasteiger partial charge in [-0.25, -0.2) is 18.4 Å². The largest absolute Gasteiger partial charge is 0.325 e. The first-order valence-corrected chi connectivity index (χ1v) is 12.5. The zero-order valence-corrected chi connectivity index (χ0v) is 19.4. The normalized spacial score (nSPS) is 18.2. The van der Waals surface area contributed by atoms with Gasteiger partial charge in [-0.05, 0) is 62.2 Å². The van der Waals surface area contributed by atoms with Gasteiger partial charge < -0.3 is 10.6 Å². The van der Waals surface area contributed by atoms with E-state index in [2.05, 4.69) is 20.6 Å². The van der Waals surface area contributed by atoms with E-state index >= 15 is 0 Å². The maximum absolute atomic E-state index is 12.9. The van der Waals surface area contributed by atoms with Crippen LogP contribution in [0.5, 0.6) is 0 Å². The Bertz CT molecular complexity index is 1340. The molecule has 2 N–H and O–H groups in total. The molecule has 3 aromatic rings. The number of nitrogens with zero attached hydrogens (tertiary/aromatic N) is 3. The number of aromatic nitrogens is 2. The van der Waals surface area contributed by atoms with Crippen molar-refractivity contribution in [2.24, 2.45) is 0 Å². The Kier molecular flexibility index (Phi) is 5.55. The molecule has 0 saturated carbocycles. The molecule has 10 heteroatoms. The predicted molar refractivity (Wildman–Crippen MR) is 127 cm³/mol. The molecule has 1 fully saturated rings. The number of carbonyl (C=O) groups is 1. The van der Waals surface area contributed by atoms with Crippen LogP contribution in [0.3, 0.4) is 0 Å². The Labute approximate surface area is 197 Å². The molecule has 0 radical (unpaired) electrons. The van der Waals surface area contributed by atoms with E-state index in [1.54, 1.807) is 46.9 Å². The van der Waals surface area contributed by atoms with Crippen molar-refractivity contribution in [2.75, 3.05) is 17.2 Å². The van der Waals surface area contributed by atoms with Gasteiger partial charge in [0.15, 0.2) is 0 Å². The first-order chi connectivity index (χ1) is 15.8. The molecule has 1 atom stereocenters. The highest BCUT2D eigenvalue weighted by Crippen LogP contribution is 2.35. The van der Waals surface area contributed by atoms with Gasteiger partial charge in [0.1, 0.15) is 0 Å². The van der Waals surface area contributed by atoms with Crippen molar-refractivity contribution in [1.29, 1.82) is 0 Å². The first kappa shape index (κ1) is 21.8. The summed E-state index contributed by atoms with van der Waals surface area (Å²) in [5, 5.41) is 6.49. The molecule has 0 bridgehead atoms. The average Bonchev–Trinajstić information content (AvgIpc) is 3.16. The highest BCUT2D eigenvalue weighted by atomic mass is 35.5. The summed E-state index contributed by atoms with van der Waals surface area (Å²) in [5.74, 6) is 0.179. The summed E-state index contributed by atoms with van der Waals surface area (Å²) in [7, 11) is -3.51. The van der Waals surface area contributed by atoms with Gasteiger partial charge in [-0.15, -0.1) is 0 Å². The number of rotatable bonds is 4. The van der Waals surface area contributed by atoms with E-state index < -0.39 is 10.0 Å². The summed E-state index contributed by atoms with van der Waals surface area (Å²) in [6.45, 7) is 2.49. The molecule has 0 aliphatic carbocycles. The van der Waals surface area contributed by atoms with E-state index in [-0.39, 0.29) is 23.3 Å². The van der Waals surface area contributed by atoms with Crippen LogP contribution in [0.25, 0.3) is 11.3 Å². The lowest BCUT2D eigenvalue weighted by Gasteiger charge is -2.21. The Hall–Kier alpha value is -3.01.